The molecule has 0 aliphatic heterocycles. The van der Waals surface area contributed by atoms with Crippen molar-refractivity contribution in [2.24, 2.45) is 5.73 Å². The number of hydrogen-bond donors (Lipinski definition) is 2. The minimum Gasteiger partial charge on any atom is -0.351 e. The van der Waals surface area contributed by atoms with Crippen molar-refractivity contribution in [1.82, 2.24) is 9.88 Å². The highest BCUT2D eigenvalue weighted by Crippen LogP contribution is 2.23. The van der Waals surface area contributed by atoms with Gasteiger partial charge in [-0.15, -0.1) is 0 Å². The zero-order valence-corrected chi connectivity index (χ0v) is 14.5. The zero-order valence-electron chi connectivity index (χ0n) is 14.5. The molecule has 1 aromatic carbocycles. The average molecular weight is 336 g/mol. The van der Waals surface area contributed by atoms with Crippen LogP contribution in [0.4, 0.5) is 4.79 Å². The van der Waals surface area contributed by atoms with Crippen LogP contribution in [0.25, 0.3) is 11.8 Å². The third kappa shape index (κ3) is 3.96. The minimum atomic E-state index is -0.993. The van der Waals surface area contributed by atoms with Gasteiger partial charge in [-0.05, 0) is 55.7 Å². The molecule has 128 valence electrons. The van der Waals surface area contributed by atoms with Crippen molar-refractivity contribution in [2.45, 2.75) is 27.2 Å². The van der Waals surface area contributed by atoms with Crippen LogP contribution in [0.5, 0.6) is 0 Å². The van der Waals surface area contributed by atoms with Gasteiger partial charge in [0.15, 0.2) is 0 Å². The Bertz CT molecular complexity index is 883. The van der Waals surface area contributed by atoms with E-state index < -0.39 is 11.9 Å². The molecule has 0 radical (unpaired) electrons. The Morgan fingerprint density at radius 2 is 1.92 bits per heavy atom. The molecular weight excluding hydrogens is 316 g/mol. The summed E-state index contributed by atoms with van der Waals surface area (Å²) in [6.07, 6.45) is 2.43. The number of primary amides is 1. The molecule has 0 aliphatic carbocycles. The van der Waals surface area contributed by atoms with Crippen LogP contribution >= 0.6 is 0 Å². The molecule has 0 saturated heterocycles. The summed E-state index contributed by atoms with van der Waals surface area (Å²) < 4.78 is 2.05. The van der Waals surface area contributed by atoms with Gasteiger partial charge in [0, 0.05) is 17.1 Å². The van der Waals surface area contributed by atoms with Crippen molar-refractivity contribution in [1.29, 1.82) is 5.26 Å². The summed E-state index contributed by atoms with van der Waals surface area (Å²) in [7, 11) is 0. The predicted molar refractivity (Wildman–Crippen MR) is 95.9 cm³/mol. The van der Waals surface area contributed by atoms with E-state index in [0.717, 1.165) is 29.1 Å². The fraction of sp³-hybridized carbons (Fsp3) is 0.211. The highest BCUT2D eigenvalue weighted by atomic mass is 16.2. The number of nitriles is 1. The lowest BCUT2D eigenvalue weighted by Crippen LogP contribution is -2.35. The number of nitrogens with zero attached hydrogens (tertiary/aromatic N) is 2. The SMILES string of the molecule is CCc1ccc(-n2c(C)cc(/C=C(/C#N)C(=O)NC(N)=O)c2C)cc1. The number of nitrogens with two attached hydrogens (primary N) is 1. The number of carbonyl (C=O) groups excluding carboxylic acids is 2. The van der Waals surface area contributed by atoms with Gasteiger partial charge in [0.2, 0.25) is 0 Å². The van der Waals surface area contributed by atoms with Crippen LogP contribution < -0.4 is 11.1 Å². The molecule has 0 fully saturated rings. The summed E-state index contributed by atoms with van der Waals surface area (Å²) >= 11 is 0. The van der Waals surface area contributed by atoms with Gasteiger partial charge in [-0.25, -0.2) is 4.79 Å². The van der Waals surface area contributed by atoms with Gasteiger partial charge in [-0.1, -0.05) is 19.1 Å². The van der Waals surface area contributed by atoms with Crippen LogP contribution in [0.15, 0.2) is 35.9 Å². The Morgan fingerprint density at radius 3 is 2.44 bits per heavy atom. The molecule has 3 N–H and O–H groups in total. The number of carbonyl (C=O) groups is 2. The van der Waals surface area contributed by atoms with E-state index in [1.54, 1.807) is 6.07 Å². The number of amides is 3. The highest BCUT2D eigenvalue weighted by molar-refractivity contribution is 6.08. The Kier molecular flexibility index (Phi) is 5.40. The summed E-state index contributed by atoms with van der Waals surface area (Å²) in [5.41, 5.74) is 9.60. The number of rotatable bonds is 4. The van der Waals surface area contributed by atoms with Crippen molar-refractivity contribution < 1.29 is 9.59 Å². The lowest BCUT2D eigenvalue weighted by molar-refractivity contribution is -0.115. The number of hydrogen-bond acceptors (Lipinski definition) is 3. The number of benzene rings is 1. The maximum atomic E-state index is 11.8. The molecule has 0 aliphatic rings. The maximum absolute atomic E-state index is 11.8. The fourth-order valence-corrected chi connectivity index (χ4v) is 2.70. The topological polar surface area (TPSA) is 101 Å². The van der Waals surface area contributed by atoms with Gasteiger partial charge >= 0.3 is 6.03 Å². The van der Waals surface area contributed by atoms with E-state index in [1.165, 1.54) is 11.6 Å². The van der Waals surface area contributed by atoms with Crippen LogP contribution in [0.3, 0.4) is 0 Å². The number of imide groups is 1. The van der Waals surface area contributed by atoms with Gasteiger partial charge in [-0.3, -0.25) is 10.1 Å². The number of urea groups is 1. The summed E-state index contributed by atoms with van der Waals surface area (Å²) in [5, 5.41) is 11.1. The molecule has 0 bridgehead atoms. The van der Waals surface area contributed by atoms with Crippen molar-refractivity contribution in [3.63, 3.8) is 0 Å². The van der Waals surface area contributed by atoms with Crippen LogP contribution in [-0.2, 0) is 11.2 Å². The number of nitrogens with one attached hydrogen (secondary N) is 1. The second-order valence-electron chi connectivity index (χ2n) is 5.67. The molecule has 3 amide bonds. The van der Waals surface area contributed by atoms with E-state index in [2.05, 4.69) is 19.1 Å². The van der Waals surface area contributed by atoms with E-state index in [1.807, 2.05) is 41.9 Å². The smallest absolute Gasteiger partial charge is 0.319 e. The molecule has 2 aromatic rings. The molecule has 6 nitrogen and oxygen atoms in total. The first kappa shape index (κ1) is 18.0. The molecule has 6 heteroatoms. The van der Waals surface area contributed by atoms with E-state index in [9.17, 15) is 14.9 Å². The first-order valence-electron chi connectivity index (χ1n) is 7.88. The molecule has 0 atom stereocenters. The second kappa shape index (κ2) is 7.49. The first-order chi connectivity index (χ1) is 11.9. The average Bonchev–Trinajstić information content (AvgIpc) is 2.85. The number of aromatic nitrogens is 1. The maximum Gasteiger partial charge on any atom is 0.319 e. The molecule has 1 aromatic heterocycles. The van der Waals surface area contributed by atoms with Crippen molar-refractivity contribution >= 4 is 18.0 Å². The molecule has 25 heavy (non-hydrogen) atoms. The summed E-state index contributed by atoms with van der Waals surface area (Å²) in [6, 6.07) is 10.9. The third-order valence-corrected chi connectivity index (χ3v) is 3.97. The van der Waals surface area contributed by atoms with E-state index in [4.69, 9.17) is 5.73 Å². The van der Waals surface area contributed by atoms with Crippen LogP contribution in [0, 0.1) is 25.2 Å². The first-order valence-corrected chi connectivity index (χ1v) is 7.88. The molecule has 1 heterocycles. The van der Waals surface area contributed by atoms with Gasteiger partial charge in [0.1, 0.15) is 11.6 Å². The van der Waals surface area contributed by atoms with Crippen molar-refractivity contribution in [2.75, 3.05) is 0 Å². The largest absolute Gasteiger partial charge is 0.351 e. The van der Waals surface area contributed by atoms with Crippen LogP contribution in [0.2, 0.25) is 0 Å². The zero-order chi connectivity index (χ0) is 18.6. The standard InChI is InChI=1S/C19H20N4O2/c1-4-14-5-7-17(8-6-14)23-12(2)9-15(13(23)3)10-16(11-20)18(24)22-19(21)25/h5-10H,4H2,1-3H3,(H3,21,22,24,25)/b16-10-. The van der Waals surface area contributed by atoms with Gasteiger partial charge in [0.25, 0.3) is 5.91 Å². The normalized spacial score (nSPS) is 11.0. The third-order valence-electron chi connectivity index (χ3n) is 3.97. The molecule has 0 spiro atoms. The Morgan fingerprint density at radius 1 is 1.28 bits per heavy atom. The van der Waals surface area contributed by atoms with Crippen LogP contribution in [0.1, 0.15) is 29.4 Å². The number of aryl methyl sites for hydroxylation is 2. The summed E-state index contributed by atoms with van der Waals surface area (Å²) in [6.45, 7) is 5.96. The second-order valence-corrected chi connectivity index (χ2v) is 5.67. The molecular formula is C19H20N4O2. The Balaban J connectivity index is 2.44. The Labute approximate surface area is 146 Å². The monoisotopic (exact) mass is 336 g/mol. The Hall–Kier alpha value is -3.33. The molecule has 2 rings (SSSR count). The van der Waals surface area contributed by atoms with Crippen molar-refractivity contribution in [3.8, 4) is 11.8 Å². The lowest BCUT2D eigenvalue weighted by Gasteiger charge is -2.10. The molecule has 0 unspecified atom stereocenters. The highest BCUT2D eigenvalue weighted by Gasteiger charge is 2.14. The van der Waals surface area contributed by atoms with Crippen molar-refractivity contribution in [3.05, 3.63) is 58.4 Å². The van der Waals surface area contributed by atoms with Gasteiger partial charge in [-0.2, -0.15) is 5.26 Å². The van der Waals surface area contributed by atoms with Gasteiger partial charge < -0.3 is 10.3 Å². The predicted octanol–water partition coefficient (Wildman–Crippen LogP) is 2.76. The minimum absolute atomic E-state index is 0.180. The van der Waals surface area contributed by atoms with E-state index >= 15 is 0 Å². The van der Waals surface area contributed by atoms with E-state index in [-0.39, 0.29) is 5.57 Å². The quantitative estimate of drug-likeness (QED) is 0.663. The summed E-state index contributed by atoms with van der Waals surface area (Å²) in [4.78, 5) is 22.6. The fourth-order valence-electron chi connectivity index (χ4n) is 2.70. The van der Waals surface area contributed by atoms with Crippen LogP contribution in [-0.4, -0.2) is 16.5 Å². The van der Waals surface area contributed by atoms with E-state index in [0.29, 0.717) is 0 Å². The lowest BCUT2D eigenvalue weighted by atomic mass is 10.1. The van der Waals surface area contributed by atoms with Gasteiger partial charge in [0.05, 0.1) is 0 Å². The summed E-state index contributed by atoms with van der Waals surface area (Å²) in [5.74, 6) is -0.813. The molecule has 0 saturated carbocycles.